The Hall–Kier alpha value is -0.790. The average Bonchev–Trinajstić information content (AvgIpc) is 2.70. The summed E-state index contributed by atoms with van der Waals surface area (Å²) in [6, 6.07) is 1.06. The fourth-order valence-corrected chi connectivity index (χ4v) is 1.58. The number of halogens is 5. The highest BCUT2D eigenvalue weighted by Gasteiger charge is 2.33. The lowest BCUT2D eigenvalue weighted by atomic mass is 10.2. The highest BCUT2D eigenvalue weighted by Crippen LogP contribution is 2.28. The number of alkyl halides is 3. The third kappa shape index (κ3) is 4.47. The van der Waals surface area contributed by atoms with Crippen LogP contribution in [0, 0.1) is 0 Å². The molecule has 1 saturated heterocycles. The second-order valence-electron chi connectivity index (χ2n) is 3.62. The predicted molar refractivity (Wildman–Crippen MR) is 66.4 cm³/mol. The second kappa shape index (κ2) is 6.96. The summed E-state index contributed by atoms with van der Waals surface area (Å²) >= 11 is 0. The Bertz CT molecular complexity index is 369. The van der Waals surface area contributed by atoms with E-state index in [4.69, 9.17) is 0 Å². The molecule has 0 radical (unpaired) electrons. The Labute approximate surface area is 115 Å². The van der Waals surface area contributed by atoms with Crippen LogP contribution in [0.25, 0.3) is 0 Å². The molecule has 1 aromatic heterocycles. The molecule has 1 aromatic rings. The van der Waals surface area contributed by atoms with E-state index in [0.29, 0.717) is 0 Å². The molecule has 2 rings (SSSR count). The maximum Gasteiger partial charge on any atom is 0.433 e. The molecule has 0 saturated carbocycles. The molecule has 0 bridgehead atoms. The summed E-state index contributed by atoms with van der Waals surface area (Å²) in [5, 5.41) is 6.05. The SMILES string of the molecule is Cl.Cl.FC(F)(F)c1cc(N[C@H]2CCNC2)ncn1. The molecule has 0 spiro atoms. The lowest BCUT2D eigenvalue weighted by Crippen LogP contribution is -2.23. The molecule has 1 aliphatic rings. The van der Waals surface area contributed by atoms with Crippen LogP contribution in [0.2, 0.25) is 0 Å². The van der Waals surface area contributed by atoms with Crippen LogP contribution in [0.15, 0.2) is 12.4 Å². The molecule has 0 unspecified atom stereocenters. The standard InChI is InChI=1S/C9H11F3N4.2ClH/c10-9(11,12)7-3-8(15-5-14-7)16-6-1-2-13-4-6;;/h3,5-6,13H,1-2,4H2,(H,14,15,16);2*1H/t6-;;/m0../s1. The Morgan fingerprint density at radius 1 is 1.28 bits per heavy atom. The minimum atomic E-state index is -4.42. The van der Waals surface area contributed by atoms with E-state index in [1.54, 1.807) is 0 Å². The van der Waals surface area contributed by atoms with E-state index in [-0.39, 0.29) is 36.7 Å². The quantitative estimate of drug-likeness (QED) is 0.879. The van der Waals surface area contributed by atoms with Crippen molar-refractivity contribution in [3.63, 3.8) is 0 Å². The zero-order chi connectivity index (χ0) is 11.6. The first-order chi connectivity index (χ1) is 7.55. The van der Waals surface area contributed by atoms with Crippen molar-refractivity contribution in [3.8, 4) is 0 Å². The monoisotopic (exact) mass is 304 g/mol. The van der Waals surface area contributed by atoms with Crippen LogP contribution in [0.3, 0.4) is 0 Å². The van der Waals surface area contributed by atoms with Crippen LogP contribution < -0.4 is 10.6 Å². The molecule has 0 aliphatic carbocycles. The molecular formula is C9H13Cl2F3N4. The molecule has 18 heavy (non-hydrogen) atoms. The zero-order valence-electron chi connectivity index (χ0n) is 9.20. The third-order valence-electron chi connectivity index (χ3n) is 2.37. The Morgan fingerprint density at radius 2 is 2.00 bits per heavy atom. The highest BCUT2D eigenvalue weighted by atomic mass is 35.5. The normalized spacial score (nSPS) is 18.7. The molecular weight excluding hydrogens is 292 g/mol. The fourth-order valence-electron chi connectivity index (χ4n) is 1.58. The largest absolute Gasteiger partial charge is 0.433 e. The maximum atomic E-state index is 12.4. The molecule has 9 heteroatoms. The number of rotatable bonds is 2. The molecule has 1 fully saturated rings. The van der Waals surface area contributed by atoms with Crippen LogP contribution in [0.5, 0.6) is 0 Å². The van der Waals surface area contributed by atoms with Crippen molar-refractivity contribution in [2.75, 3.05) is 18.4 Å². The van der Waals surface area contributed by atoms with E-state index in [1.807, 2.05) is 0 Å². The Morgan fingerprint density at radius 3 is 2.56 bits per heavy atom. The van der Waals surface area contributed by atoms with Gasteiger partial charge >= 0.3 is 6.18 Å². The van der Waals surface area contributed by atoms with Crippen molar-refractivity contribution < 1.29 is 13.2 Å². The Balaban J connectivity index is 0.00000144. The average molecular weight is 305 g/mol. The van der Waals surface area contributed by atoms with Crippen LogP contribution in [-0.2, 0) is 6.18 Å². The molecule has 0 amide bonds. The minimum absolute atomic E-state index is 0. The van der Waals surface area contributed by atoms with Gasteiger partial charge in [-0.1, -0.05) is 0 Å². The second-order valence-corrected chi connectivity index (χ2v) is 3.62. The van der Waals surface area contributed by atoms with Gasteiger partial charge in [0.25, 0.3) is 0 Å². The van der Waals surface area contributed by atoms with Gasteiger partial charge in [-0.15, -0.1) is 24.8 Å². The van der Waals surface area contributed by atoms with E-state index < -0.39 is 11.9 Å². The summed E-state index contributed by atoms with van der Waals surface area (Å²) in [4.78, 5) is 6.96. The van der Waals surface area contributed by atoms with Gasteiger partial charge in [0.1, 0.15) is 17.8 Å². The number of aromatic nitrogens is 2. The lowest BCUT2D eigenvalue weighted by Gasteiger charge is -2.13. The van der Waals surface area contributed by atoms with Crippen molar-refractivity contribution in [2.45, 2.75) is 18.6 Å². The first-order valence-corrected chi connectivity index (χ1v) is 4.92. The van der Waals surface area contributed by atoms with Crippen molar-refractivity contribution in [2.24, 2.45) is 0 Å². The molecule has 2 N–H and O–H groups in total. The van der Waals surface area contributed by atoms with Crippen molar-refractivity contribution in [1.29, 1.82) is 0 Å². The highest BCUT2D eigenvalue weighted by molar-refractivity contribution is 5.85. The van der Waals surface area contributed by atoms with Crippen LogP contribution in [-0.4, -0.2) is 29.1 Å². The van der Waals surface area contributed by atoms with Gasteiger partial charge in [0.15, 0.2) is 0 Å². The number of nitrogens with zero attached hydrogens (tertiary/aromatic N) is 2. The van der Waals surface area contributed by atoms with Crippen LogP contribution in [0.4, 0.5) is 19.0 Å². The van der Waals surface area contributed by atoms with Gasteiger partial charge in [0.05, 0.1) is 0 Å². The van der Waals surface area contributed by atoms with E-state index in [2.05, 4.69) is 20.6 Å². The van der Waals surface area contributed by atoms with Gasteiger partial charge in [0, 0.05) is 18.7 Å². The molecule has 104 valence electrons. The van der Waals surface area contributed by atoms with Gasteiger partial charge in [-0.05, 0) is 13.0 Å². The summed E-state index contributed by atoms with van der Waals surface area (Å²) in [7, 11) is 0. The lowest BCUT2D eigenvalue weighted by molar-refractivity contribution is -0.141. The summed E-state index contributed by atoms with van der Waals surface area (Å²) in [6.45, 7) is 1.61. The predicted octanol–water partition coefficient (Wildman–Crippen LogP) is 2.11. The van der Waals surface area contributed by atoms with Crippen LogP contribution >= 0.6 is 24.8 Å². The fraction of sp³-hybridized carbons (Fsp3) is 0.556. The molecule has 1 aliphatic heterocycles. The van der Waals surface area contributed by atoms with Gasteiger partial charge in [-0.2, -0.15) is 13.2 Å². The number of hydrogen-bond acceptors (Lipinski definition) is 4. The summed E-state index contributed by atoms with van der Waals surface area (Å²) < 4.78 is 37.1. The summed E-state index contributed by atoms with van der Waals surface area (Å²) in [5.74, 6) is 0.219. The molecule has 4 nitrogen and oxygen atoms in total. The number of hydrogen-bond donors (Lipinski definition) is 2. The number of anilines is 1. The van der Waals surface area contributed by atoms with Gasteiger partial charge < -0.3 is 10.6 Å². The summed E-state index contributed by atoms with van der Waals surface area (Å²) in [5.41, 5.74) is -0.920. The smallest absolute Gasteiger partial charge is 0.366 e. The minimum Gasteiger partial charge on any atom is -0.366 e. The Kier molecular flexibility index (Phi) is 6.66. The summed E-state index contributed by atoms with van der Waals surface area (Å²) in [6.07, 6.45) is -2.62. The van der Waals surface area contributed by atoms with Gasteiger partial charge in [0.2, 0.25) is 0 Å². The van der Waals surface area contributed by atoms with Crippen LogP contribution in [0.1, 0.15) is 12.1 Å². The first-order valence-electron chi connectivity index (χ1n) is 4.92. The molecule has 1 atom stereocenters. The van der Waals surface area contributed by atoms with Crippen molar-refractivity contribution >= 4 is 30.6 Å². The van der Waals surface area contributed by atoms with E-state index in [0.717, 1.165) is 31.9 Å². The molecule has 0 aromatic carbocycles. The van der Waals surface area contributed by atoms with E-state index in [9.17, 15) is 13.2 Å². The van der Waals surface area contributed by atoms with E-state index >= 15 is 0 Å². The van der Waals surface area contributed by atoms with Gasteiger partial charge in [-0.25, -0.2) is 9.97 Å². The van der Waals surface area contributed by atoms with Gasteiger partial charge in [-0.3, -0.25) is 0 Å². The first kappa shape index (κ1) is 17.2. The maximum absolute atomic E-state index is 12.4. The zero-order valence-corrected chi connectivity index (χ0v) is 10.8. The van der Waals surface area contributed by atoms with E-state index in [1.165, 1.54) is 0 Å². The van der Waals surface area contributed by atoms with Crippen molar-refractivity contribution in [3.05, 3.63) is 18.1 Å². The third-order valence-corrected chi connectivity index (χ3v) is 2.37. The van der Waals surface area contributed by atoms with Crippen molar-refractivity contribution in [1.82, 2.24) is 15.3 Å². The number of nitrogens with one attached hydrogen (secondary N) is 2. The molecule has 2 heterocycles. The topological polar surface area (TPSA) is 49.8 Å².